The fourth-order valence-electron chi connectivity index (χ4n) is 1.97. The number of nitrogens with one attached hydrogen (secondary N) is 1. The van der Waals surface area contributed by atoms with Crippen LogP contribution in [-0.4, -0.2) is 35.9 Å². The largest absolute Gasteiger partial charge is 0.373 e. The van der Waals surface area contributed by atoms with Crippen LogP contribution in [0.15, 0.2) is 18.3 Å². The normalized spacial score (nSPS) is 10.9. The zero-order valence-electron chi connectivity index (χ0n) is 12.6. The van der Waals surface area contributed by atoms with Gasteiger partial charge in [0.1, 0.15) is 5.82 Å². The van der Waals surface area contributed by atoms with Gasteiger partial charge in [-0.3, -0.25) is 4.79 Å². The van der Waals surface area contributed by atoms with Crippen molar-refractivity contribution >= 4 is 11.7 Å². The Morgan fingerprint density at radius 3 is 2.16 bits per heavy atom. The molecule has 1 heterocycles. The quantitative estimate of drug-likeness (QED) is 0.858. The number of pyridine rings is 1. The molecule has 4 nitrogen and oxygen atoms in total. The lowest BCUT2D eigenvalue weighted by Gasteiger charge is -2.26. The molecule has 0 bridgehead atoms. The Morgan fingerprint density at radius 1 is 1.21 bits per heavy atom. The SMILES string of the molecule is CNc1ccc(C(=O)N(CC(C)C)CC(C)C)cn1. The summed E-state index contributed by atoms with van der Waals surface area (Å²) in [4.78, 5) is 18.6. The second kappa shape index (κ2) is 7.12. The van der Waals surface area contributed by atoms with Gasteiger partial charge in [-0.25, -0.2) is 4.98 Å². The predicted molar refractivity (Wildman–Crippen MR) is 79.4 cm³/mol. The molecule has 0 aliphatic carbocycles. The Morgan fingerprint density at radius 2 is 1.79 bits per heavy atom. The van der Waals surface area contributed by atoms with Crippen molar-refractivity contribution < 1.29 is 4.79 Å². The average molecular weight is 263 g/mol. The standard InChI is InChI=1S/C15H25N3O/c1-11(2)9-18(10-12(3)4)15(19)13-6-7-14(16-5)17-8-13/h6-8,11-12H,9-10H2,1-5H3,(H,16,17). The van der Waals surface area contributed by atoms with E-state index in [4.69, 9.17) is 0 Å². The first kappa shape index (κ1) is 15.5. The molecule has 1 N–H and O–H groups in total. The van der Waals surface area contributed by atoms with E-state index in [0.29, 0.717) is 17.4 Å². The van der Waals surface area contributed by atoms with E-state index in [1.54, 1.807) is 6.20 Å². The number of aromatic nitrogens is 1. The molecule has 1 aromatic rings. The van der Waals surface area contributed by atoms with Crippen LogP contribution in [0.3, 0.4) is 0 Å². The van der Waals surface area contributed by atoms with Crippen molar-refractivity contribution in [2.45, 2.75) is 27.7 Å². The molecule has 0 saturated heterocycles. The van der Waals surface area contributed by atoms with Crippen molar-refractivity contribution in [3.63, 3.8) is 0 Å². The molecule has 0 aliphatic rings. The average Bonchev–Trinajstić information content (AvgIpc) is 2.36. The molecule has 4 heteroatoms. The van der Waals surface area contributed by atoms with Gasteiger partial charge in [-0.05, 0) is 24.0 Å². The van der Waals surface area contributed by atoms with E-state index < -0.39 is 0 Å². The Labute approximate surface area is 116 Å². The Bertz CT molecular complexity index is 388. The van der Waals surface area contributed by atoms with Crippen molar-refractivity contribution in [1.82, 2.24) is 9.88 Å². The molecule has 0 fully saturated rings. The summed E-state index contributed by atoms with van der Waals surface area (Å²) >= 11 is 0. The van der Waals surface area contributed by atoms with Gasteiger partial charge in [-0.2, -0.15) is 0 Å². The maximum absolute atomic E-state index is 12.5. The maximum Gasteiger partial charge on any atom is 0.255 e. The molecule has 0 atom stereocenters. The molecule has 1 rings (SSSR count). The molecule has 0 spiro atoms. The van der Waals surface area contributed by atoms with E-state index in [2.05, 4.69) is 38.0 Å². The van der Waals surface area contributed by atoms with Crippen LogP contribution in [0.5, 0.6) is 0 Å². The third-order valence-corrected chi connectivity index (χ3v) is 2.72. The molecule has 19 heavy (non-hydrogen) atoms. The van der Waals surface area contributed by atoms with Crippen LogP contribution < -0.4 is 5.32 Å². The summed E-state index contributed by atoms with van der Waals surface area (Å²) in [6.45, 7) is 10.1. The number of carbonyl (C=O) groups excluding carboxylic acids is 1. The zero-order chi connectivity index (χ0) is 14.4. The smallest absolute Gasteiger partial charge is 0.255 e. The van der Waals surface area contributed by atoms with Crippen LogP contribution in [-0.2, 0) is 0 Å². The third-order valence-electron chi connectivity index (χ3n) is 2.72. The minimum absolute atomic E-state index is 0.0672. The summed E-state index contributed by atoms with van der Waals surface area (Å²) in [7, 11) is 1.81. The second-order valence-electron chi connectivity index (χ2n) is 5.68. The molecular weight excluding hydrogens is 238 g/mol. The third kappa shape index (κ3) is 4.89. The van der Waals surface area contributed by atoms with Crippen molar-refractivity contribution in [2.75, 3.05) is 25.5 Å². The fourth-order valence-corrected chi connectivity index (χ4v) is 1.97. The van der Waals surface area contributed by atoms with Gasteiger partial charge in [0.05, 0.1) is 5.56 Å². The van der Waals surface area contributed by atoms with Gasteiger partial charge in [0.25, 0.3) is 5.91 Å². The number of rotatable bonds is 6. The first-order valence-electron chi connectivity index (χ1n) is 6.87. The summed E-state index contributed by atoms with van der Waals surface area (Å²) in [6, 6.07) is 3.66. The summed E-state index contributed by atoms with van der Waals surface area (Å²) in [6.07, 6.45) is 1.64. The van der Waals surface area contributed by atoms with Crippen molar-refractivity contribution in [3.05, 3.63) is 23.9 Å². The lowest BCUT2D eigenvalue weighted by atomic mass is 10.1. The molecule has 1 aromatic heterocycles. The molecular formula is C15H25N3O. The topological polar surface area (TPSA) is 45.2 Å². The van der Waals surface area contributed by atoms with Crippen LogP contribution in [0.4, 0.5) is 5.82 Å². The molecule has 0 saturated carbocycles. The number of carbonyl (C=O) groups is 1. The highest BCUT2D eigenvalue weighted by atomic mass is 16.2. The van der Waals surface area contributed by atoms with E-state index in [9.17, 15) is 4.79 Å². The summed E-state index contributed by atoms with van der Waals surface area (Å²) in [5.74, 6) is 1.77. The highest BCUT2D eigenvalue weighted by Crippen LogP contribution is 2.11. The minimum Gasteiger partial charge on any atom is -0.373 e. The number of anilines is 1. The van der Waals surface area contributed by atoms with Crippen LogP contribution in [0.25, 0.3) is 0 Å². The molecule has 106 valence electrons. The van der Waals surface area contributed by atoms with Crippen LogP contribution in [0.2, 0.25) is 0 Å². The van der Waals surface area contributed by atoms with Gasteiger partial charge in [-0.1, -0.05) is 27.7 Å². The summed E-state index contributed by atoms with van der Waals surface area (Å²) < 4.78 is 0. The lowest BCUT2D eigenvalue weighted by molar-refractivity contribution is 0.0714. The van der Waals surface area contributed by atoms with Crippen LogP contribution in [0.1, 0.15) is 38.1 Å². The first-order chi connectivity index (χ1) is 8.93. The maximum atomic E-state index is 12.5. The number of hydrogen-bond acceptors (Lipinski definition) is 3. The molecule has 1 amide bonds. The molecule has 0 unspecified atom stereocenters. The molecule has 0 aromatic carbocycles. The molecule has 0 radical (unpaired) electrons. The Kier molecular flexibility index (Phi) is 5.80. The van der Waals surface area contributed by atoms with Gasteiger partial charge < -0.3 is 10.2 Å². The molecule has 0 aliphatic heterocycles. The van der Waals surface area contributed by atoms with Crippen molar-refractivity contribution in [3.8, 4) is 0 Å². The highest BCUT2D eigenvalue weighted by molar-refractivity contribution is 5.94. The van der Waals surface area contributed by atoms with Crippen LogP contribution in [0, 0.1) is 11.8 Å². The van der Waals surface area contributed by atoms with E-state index in [-0.39, 0.29) is 5.91 Å². The van der Waals surface area contributed by atoms with Gasteiger partial charge in [0.2, 0.25) is 0 Å². The monoisotopic (exact) mass is 263 g/mol. The van der Waals surface area contributed by atoms with Crippen molar-refractivity contribution in [1.29, 1.82) is 0 Å². The van der Waals surface area contributed by atoms with Gasteiger partial charge in [0.15, 0.2) is 0 Å². The highest BCUT2D eigenvalue weighted by Gasteiger charge is 2.18. The van der Waals surface area contributed by atoms with E-state index in [1.165, 1.54) is 0 Å². The zero-order valence-corrected chi connectivity index (χ0v) is 12.6. The van der Waals surface area contributed by atoms with E-state index in [0.717, 1.165) is 18.9 Å². The summed E-state index contributed by atoms with van der Waals surface area (Å²) in [5.41, 5.74) is 0.653. The van der Waals surface area contributed by atoms with Gasteiger partial charge >= 0.3 is 0 Å². The minimum atomic E-state index is 0.0672. The van der Waals surface area contributed by atoms with E-state index in [1.807, 2.05) is 24.1 Å². The fraction of sp³-hybridized carbons (Fsp3) is 0.600. The number of amides is 1. The number of nitrogens with zero attached hydrogens (tertiary/aromatic N) is 2. The Balaban J connectivity index is 2.84. The predicted octanol–water partition coefficient (Wildman–Crippen LogP) is 2.88. The number of hydrogen-bond donors (Lipinski definition) is 1. The van der Waals surface area contributed by atoms with E-state index >= 15 is 0 Å². The summed E-state index contributed by atoms with van der Waals surface area (Å²) in [5, 5.41) is 2.95. The lowest BCUT2D eigenvalue weighted by Crippen LogP contribution is -2.37. The van der Waals surface area contributed by atoms with Gasteiger partial charge in [-0.15, -0.1) is 0 Å². The Hall–Kier alpha value is -1.58. The second-order valence-corrected chi connectivity index (χ2v) is 5.68. The van der Waals surface area contributed by atoms with Crippen LogP contribution >= 0.6 is 0 Å². The van der Waals surface area contributed by atoms with Gasteiger partial charge in [0, 0.05) is 26.3 Å². The first-order valence-corrected chi connectivity index (χ1v) is 6.87. The van der Waals surface area contributed by atoms with Crippen molar-refractivity contribution in [2.24, 2.45) is 11.8 Å².